The van der Waals surface area contributed by atoms with Crippen molar-refractivity contribution in [3.63, 3.8) is 0 Å². The zero-order chi connectivity index (χ0) is 9.84. The monoisotopic (exact) mass is 199 g/mol. The van der Waals surface area contributed by atoms with Crippen LogP contribution in [0.15, 0.2) is 18.3 Å². The summed E-state index contributed by atoms with van der Waals surface area (Å²) in [5.41, 5.74) is 12.5. The number of nitrogens with two attached hydrogens (primary N) is 2. The highest BCUT2D eigenvalue weighted by Crippen LogP contribution is 2.21. The number of pyridine rings is 1. The first-order valence-corrected chi connectivity index (χ1v) is 4.66. The highest BCUT2D eigenvalue weighted by molar-refractivity contribution is 6.30. The average molecular weight is 200 g/mol. The second-order valence-electron chi connectivity index (χ2n) is 2.98. The van der Waals surface area contributed by atoms with Crippen LogP contribution in [-0.4, -0.2) is 11.0 Å². The third-order valence-electron chi connectivity index (χ3n) is 2.08. The van der Waals surface area contributed by atoms with Crippen LogP contribution < -0.4 is 11.5 Å². The van der Waals surface area contributed by atoms with Gasteiger partial charge in [-0.3, -0.25) is 0 Å². The molecule has 13 heavy (non-hydrogen) atoms. The maximum absolute atomic E-state index is 5.90. The lowest BCUT2D eigenvalue weighted by molar-refractivity contribution is 0.531. The predicted molar refractivity (Wildman–Crippen MR) is 54.4 cm³/mol. The van der Waals surface area contributed by atoms with Crippen molar-refractivity contribution >= 4 is 11.6 Å². The Kier molecular flexibility index (Phi) is 3.66. The van der Waals surface area contributed by atoms with E-state index in [0.29, 0.717) is 5.15 Å². The summed E-state index contributed by atoms with van der Waals surface area (Å²) < 4.78 is 0. The highest BCUT2D eigenvalue weighted by atomic mass is 35.5. The van der Waals surface area contributed by atoms with Crippen LogP contribution in [0.3, 0.4) is 0 Å². The van der Waals surface area contributed by atoms with Gasteiger partial charge in [0.1, 0.15) is 5.15 Å². The Morgan fingerprint density at radius 3 is 2.77 bits per heavy atom. The van der Waals surface area contributed by atoms with Crippen LogP contribution >= 0.6 is 11.6 Å². The van der Waals surface area contributed by atoms with Crippen LogP contribution in [0.1, 0.15) is 24.9 Å². The van der Waals surface area contributed by atoms with Gasteiger partial charge in [-0.05, 0) is 12.5 Å². The van der Waals surface area contributed by atoms with Crippen molar-refractivity contribution in [2.24, 2.45) is 11.5 Å². The smallest absolute Gasteiger partial charge is 0.133 e. The molecule has 1 heterocycles. The van der Waals surface area contributed by atoms with Crippen LogP contribution in [0.25, 0.3) is 0 Å². The topological polar surface area (TPSA) is 64.9 Å². The van der Waals surface area contributed by atoms with Crippen LogP contribution in [0.4, 0.5) is 0 Å². The van der Waals surface area contributed by atoms with Gasteiger partial charge in [-0.2, -0.15) is 0 Å². The first kappa shape index (κ1) is 10.4. The van der Waals surface area contributed by atoms with Gasteiger partial charge in [0.25, 0.3) is 0 Å². The van der Waals surface area contributed by atoms with Gasteiger partial charge in [-0.25, -0.2) is 4.98 Å². The molecule has 0 bridgehead atoms. The largest absolute Gasteiger partial charge is 0.326 e. The summed E-state index contributed by atoms with van der Waals surface area (Å²) >= 11 is 5.87. The van der Waals surface area contributed by atoms with Gasteiger partial charge in [0.05, 0.1) is 0 Å². The average Bonchev–Trinajstić information content (AvgIpc) is 2.16. The zero-order valence-corrected chi connectivity index (χ0v) is 8.33. The fourth-order valence-corrected chi connectivity index (χ4v) is 1.38. The standard InChI is InChI=1S/C9H14ClN3/c1-2-7(11)8(12)6-4-3-5-13-9(6)10/h3-5,7-8H,2,11-12H2,1H3. The second-order valence-corrected chi connectivity index (χ2v) is 3.34. The molecule has 1 aromatic heterocycles. The Balaban J connectivity index is 2.88. The third-order valence-corrected chi connectivity index (χ3v) is 2.40. The second kappa shape index (κ2) is 4.56. The molecule has 72 valence electrons. The number of halogens is 1. The quantitative estimate of drug-likeness (QED) is 0.725. The Bertz CT molecular complexity index is 277. The van der Waals surface area contributed by atoms with E-state index in [1.54, 1.807) is 6.20 Å². The summed E-state index contributed by atoms with van der Waals surface area (Å²) in [7, 11) is 0. The number of rotatable bonds is 3. The SMILES string of the molecule is CCC(N)C(N)c1cccnc1Cl. The summed E-state index contributed by atoms with van der Waals surface area (Å²) in [6.45, 7) is 1.99. The van der Waals surface area contributed by atoms with Crippen molar-refractivity contribution in [3.05, 3.63) is 29.0 Å². The molecule has 0 radical (unpaired) electrons. The van der Waals surface area contributed by atoms with E-state index in [9.17, 15) is 0 Å². The minimum Gasteiger partial charge on any atom is -0.326 e. The van der Waals surface area contributed by atoms with Crippen LogP contribution in [-0.2, 0) is 0 Å². The number of aromatic nitrogens is 1. The van der Waals surface area contributed by atoms with Crippen molar-refractivity contribution < 1.29 is 0 Å². The molecule has 0 amide bonds. The van der Waals surface area contributed by atoms with E-state index in [1.807, 2.05) is 19.1 Å². The fourth-order valence-electron chi connectivity index (χ4n) is 1.13. The molecule has 0 aliphatic carbocycles. The van der Waals surface area contributed by atoms with Gasteiger partial charge < -0.3 is 11.5 Å². The van der Waals surface area contributed by atoms with Gasteiger partial charge in [0, 0.05) is 23.8 Å². The molecule has 0 saturated carbocycles. The molecule has 2 unspecified atom stereocenters. The summed E-state index contributed by atoms with van der Waals surface area (Å²) in [6.07, 6.45) is 2.46. The molecular formula is C9H14ClN3. The Hall–Kier alpha value is -0.640. The molecule has 1 aromatic rings. The minimum absolute atomic E-state index is 0.0679. The Morgan fingerprint density at radius 1 is 1.54 bits per heavy atom. The third kappa shape index (κ3) is 2.40. The van der Waals surface area contributed by atoms with Crippen LogP contribution in [0.2, 0.25) is 5.15 Å². The van der Waals surface area contributed by atoms with Gasteiger partial charge in [0.15, 0.2) is 0 Å². The van der Waals surface area contributed by atoms with E-state index < -0.39 is 0 Å². The molecule has 0 aromatic carbocycles. The van der Waals surface area contributed by atoms with Crippen LogP contribution in [0.5, 0.6) is 0 Å². The molecule has 0 aliphatic rings. The molecule has 0 spiro atoms. The first-order chi connectivity index (χ1) is 6.16. The highest BCUT2D eigenvalue weighted by Gasteiger charge is 2.16. The molecule has 4 heteroatoms. The lowest BCUT2D eigenvalue weighted by Gasteiger charge is -2.18. The van der Waals surface area contributed by atoms with Crippen molar-refractivity contribution in [2.75, 3.05) is 0 Å². The maximum Gasteiger partial charge on any atom is 0.133 e. The molecule has 4 N–H and O–H groups in total. The van der Waals surface area contributed by atoms with Crippen molar-refractivity contribution in [1.29, 1.82) is 0 Å². The maximum atomic E-state index is 5.90. The molecule has 0 aliphatic heterocycles. The van der Waals surface area contributed by atoms with E-state index in [0.717, 1.165) is 12.0 Å². The van der Waals surface area contributed by atoms with Gasteiger partial charge in [0.2, 0.25) is 0 Å². The first-order valence-electron chi connectivity index (χ1n) is 4.28. The van der Waals surface area contributed by atoms with E-state index >= 15 is 0 Å². The number of nitrogens with zero attached hydrogens (tertiary/aromatic N) is 1. The molecule has 1 rings (SSSR count). The summed E-state index contributed by atoms with van der Waals surface area (Å²) in [5, 5.41) is 0.443. The van der Waals surface area contributed by atoms with Gasteiger partial charge in [-0.15, -0.1) is 0 Å². The lowest BCUT2D eigenvalue weighted by atomic mass is 10.0. The van der Waals surface area contributed by atoms with Gasteiger partial charge >= 0.3 is 0 Å². The van der Waals surface area contributed by atoms with Crippen molar-refractivity contribution in [1.82, 2.24) is 4.98 Å². The summed E-state index contributed by atoms with van der Waals surface area (Å²) in [4.78, 5) is 3.95. The van der Waals surface area contributed by atoms with E-state index in [4.69, 9.17) is 23.1 Å². The molecule has 2 atom stereocenters. The van der Waals surface area contributed by atoms with Crippen LogP contribution in [0, 0.1) is 0 Å². The molecule has 3 nitrogen and oxygen atoms in total. The van der Waals surface area contributed by atoms with E-state index in [1.165, 1.54) is 0 Å². The Morgan fingerprint density at radius 2 is 2.23 bits per heavy atom. The van der Waals surface area contributed by atoms with E-state index in [-0.39, 0.29) is 12.1 Å². The molecule has 0 fully saturated rings. The van der Waals surface area contributed by atoms with E-state index in [2.05, 4.69) is 4.98 Å². The molecular weight excluding hydrogens is 186 g/mol. The molecule has 0 saturated heterocycles. The lowest BCUT2D eigenvalue weighted by Crippen LogP contribution is -2.33. The Labute approximate surface area is 83.1 Å². The predicted octanol–water partition coefficient (Wildman–Crippen LogP) is 1.47. The van der Waals surface area contributed by atoms with Crippen molar-refractivity contribution in [3.8, 4) is 0 Å². The number of hydrogen-bond donors (Lipinski definition) is 2. The van der Waals surface area contributed by atoms with Crippen molar-refractivity contribution in [2.45, 2.75) is 25.4 Å². The minimum atomic E-state index is -0.230. The zero-order valence-electron chi connectivity index (χ0n) is 7.57. The summed E-state index contributed by atoms with van der Waals surface area (Å²) in [5.74, 6) is 0. The number of hydrogen-bond acceptors (Lipinski definition) is 3. The van der Waals surface area contributed by atoms with Gasteiger partial charge in [-0.1, -0.05) is 24.6 Å². The normalized spacial score (nSPS) is 15.4. The summed E-state index contributed by atoms with van der Waals surface area (Å²) in [6, 6.07) is 3.37. The fraction of sp³-hybridized carbons (Fsp3) is 0.444.